The van der Waals surface area contributed by atoms with Crippen molar-refractivity contribution in [3.8, 4) is 0 Å². The SMILES string of the molecule is Cc1ccccc1/N=N/c1c(N)c(/N=N/c2cccc(C(=O)NCCS(=O)(=O)CCO)c2)cc(S(=O)(=O)O)c1N. The van der Waals surface area contributed by atoms with E-state index in [-0.39, 0.29) is 40.6 Å². The van der Waals surface area contributed by atoms with Crippen LogP contribution in [0, 0.1) is 6.92 Å². The number of carbonyl (C=O) groups excluding carboxylic acids is 1. The summed E-state index contributed by atoms with van der Waals surface area (Å²) < 4.78 is 57.0. The Hall–Kier alpha value is -4.25. The van der Waals surface area contributed by atoms with Crippen LogP contribution in [-0.4, -0.2) is 57.1 Å². The molecule has 0 radical (unpaired) electrons. The third kappa shape index (κ3) is 7.89. The Bertz CT molecular complexity index is 1690. The number of nitrogens with zero attached hydrogens (tertiary/aromatic N) is 4. The maximum absolute atomic E-state index is 12.4. The van der Waals surface area contributed by atoms with Crippen LogP contribution >= 0.6 is 0 Å². The molecule has 3 aromatic rings. The molecule has 0 aliphatic heterocycles. The van der Waals surface area contributed by atoms with Crippen LogP contribution in [0.3, 0.4) is 0 Å². The number of rotatable bonds is 11. The molecule has 0 atom stereocenters. The van der Waals surface area contributed by atoms with E-state index in [1.165, 1.54) is 24.3 Å². The molecule has 7 N–H and O–H groups in total. The van der Waals surface area contributed by atoms with E-state index in [1.54, 1.807) is 31.2 Å². The van der Waals surface area contributed by atoms with E-state index >= 15 is 0 Å². The molecule has 212 valence electrons. The topological polar surface area (TPSA) is 239 Å². The van der Waals surface area contributed by atoms with E-state index in [1.807, 2.05) is 0 Å². The van der Waals surface area contributed by atoms with E-state index in [0.29, 0.717) is 5.69 Å². The Kier molecular flexibility index (Phi) is 9.65. The molecule has 0 saturated heterocycles. The van der Waals surface area contributed by atoms with Crippen LogP contribution in [0.25, 0.3) is 0 Å². The standard InChI is InChI=1S/C24H27N7O7S2/c1-15-5-2-3-8-18(15)29-31-23-21(25)19(14-20(22(23)26)40(36,37)38)30-28-17-7-4-6-16(13-17)24(33)27-9-11-39(34,35)12-10-32/h2-8,13-14,32H,9-12,25-26H2,1H3,(H,27,33)(H,36,37,38)/b30-28+,31-29+. The zero-order valence-corrected chi connectivity index (χ0v) is 22.9. The lowest BCUT2D eigenvalue weighted by Gasteiger charge is -2.10. The van der Waals surface area contributed by atoms with Gasteiger partial charge < -0.3 is 21.9 Å². The summed E-state index contributed by atoms with van der Waals surface area (Å²) in [5, 5.41) is 27.3. The second-order valence-corrected chi connectivity index (χ2v) is 12.1. The molecular formula is C24H27N7O7S2. The molecule has 16 heteroatoms. The minimum absolute atomic E-state index is 0.146. The summed E-state index contributed by atoms with van der Waals surface area (Å²) >= 11 is 0. The zero-order chi connectivity index (χ0) is 29.5. The molecule has 1 amide bonds. The van der Waals surface area contributed by atoms with Crippen molar-refractivity contribution in [1.29, 1.82) is 0 Å². The molecule has 0 saturated carbocycles. The van der Waals surface area contributed by atoms with Crippen LogP contribution in [0.5, 0.6) is 0 Å². The van der Waals surface area contributed by atoms with Crippen molar-refractivity contribution in [3.05, 3.63) is 65.7 Å². The van der Waals surface area contributed by atoms with Gasteiger partial charge >= 0.3 is 0 Å². The fraction of sp³-hybridized carbons (Fsp3) is 0.208. The highest BCUT2D eigenvalue weighted by atomic mass is 32.2. The third-order valence-corrected chi connectivity index (χ3v) is 7.98. The van der Waals surface area contributed by atoms with Crippen LogP contribution in [-0.2, 0) is 20.0 Å². The number of carbonyl (C=O) groups is 1. The van der Waals surface area contributed by atoms with Gasteiger partial charge in [0.25, 0.3) is 16.0 Å². The molecule has 14 nitrogen and oxygen atoms in total. The average Bonchev–Trinajstić information content (AvgIpc) is 2.88. The molecular weight excluding hydrogens is 562 g/mol. The van der Waals surface area contributed by atoms with E-state index < -0.39 is 48.8 Å². The first kappa shape index (κ1) is 30.3. The van der Waals surface area contributed by atoms with Crippen molar-refractivity contribution in [2.45, 2.75) is 11.8 Å². The highest BCUT2D eigenvalue weighted by molar-refractivity contribution is 7.91. The fourth-order valence-electron chi connectivity index (χ4n) is 3.33. The number of hydrogen-bond acceptors (Lipinski definition) is 12. The van der Waals surface area contributed by atoms with Crippen LogP contribution in [0.1, 0.15) is 15.9 Å². The van der Waals surface area contributed by atoms with Crippen LogP contribution in [0.2, 0.25) is 0 Å². The van der Waals surface area contributed by atoms with Gasteiger partial charge in [-0.15, -0.1) is 10.2 Å². The van der Waals surface area contributed by atoms with Crippen LogP contribution in [0.15, 0.2) is 79.9 Å². The van der Waals surface area contributed by atoms with Gasteiger partial charge in [-0.1, -0.05) is 24.3 Å². The van der Waals surface area contributed by atoms with Crippen LogP contribution in [0.4, 0.5) is 34.1 Å². The van der Waals surface area contributed by atoms with Crippen LogP contribution < -0.4 is 16.8 Å². The molecule has 0 fully saturated rings. The highest BCUT2D eigenvalue weighted by Crippen LogP contribution is 2.43. The number of anilines is 2. The maximum atomic E-state index is 12.4. The molecule has 0 bridgehead atoms. The molecule has 40 heavy (non-hydrogen) atoms. The lowest BCUT2D eigenvalue weighted by atomic mass is 10.2. The van der Waals surface area contributed by atoms with Crippen molar-refractivity contribution in [3.63, 3.8) is 0 Å². The molecule has 3 aromatic carbocycles. The third-order valence-electron chi connectivity index (χ3n) is 5.45. The number of azo groups is 2. The van der Waals surface area contributed by atoms with Gasteiger partial charge in [-0.3, -0.25) is 9.35 Å². The summed E-state index contributed by atoms with van der Waals surface area (Å²) in [5.74, 6) is -1.31. The predicted octanol–water partition coefficient (Wildman–Crippen LogP) is 3.37. The number of benzene rings is 3. The number of nitrogens with one attached hydrogen (secondary N) is 1. The van der Waals surface area contributed by atoms with Gasteiger partial charge in [0, 0.05) is 12.1 Å². The van der Waals surface area contributed by atoms with E-state index in [0.717, 1.165) is 11.6 Å². The summed E-state index contributed by atoms with van der Waals surface area (Å²) in [4.78, 5) is 11.7. The molecule has 0 unspecified atom stereocenters. The van der Waals surface area contributed by atoms with Crippen molar-refractivity contribution in [2.24, 2.45) is 20.5 Å². The normalized spacial score (nSPS) is 12.3. The number of sulfone groups is 1. The monoisotopic (exact) mass is 589 g/mol. The van der Waals surface area contributed by atoms with E-state index in [9.17, 15) is 26.2 Å². The fourth-order valence-corrected chi connectivity index (χ4v) is 4.86. The van der Waals surface area contributed by atoms with E-state index in [4.69, 9.17) is 16.6 Å². The Morgan fingerprint density at radius 2 is 1.57 bits per heavy atom. The number of nitrogen functional groups attached to an aromatic ring is 2. The lowest BCUT2D eigenvalue weighted by Crippen LogP contribution is -2.30. The minimum atomic E-state index is -4.80. The predicted molar refractivity (Wildman–Crippen MR) is 149 cm³/mol. The number of amides is 1. The second-order valence-electron chi connectivity index (χ2n) is 8.41. The Labute approximate surface area is 230 Å². The van der Waals surface area contributed by atoms with Crippen molar-refractivity contribution >= 4 is 60.0 Å². The first-order chi connectivity index (χ1) is 18.8. The Morgan fingerprint density at radius 1 is 0.875 bits per heavy atom. The van der Waals surface area contributed by atoms with Crippen molar-refractivity contribution in [2.75, 3.05) is 36.1 Å². The molecule has 3 rings (SSSR count). The largest absolute Gasteiger partial charge is 0.396 e. The van der Waals surface area contributed by atoms with E-state index in [2.05, 4.69) is 25.8 Å². The Balaban J connectivity index is 1.91. The first-order valence-corrected chi connectivity index (χ1v) is 14.9. The highest BCUT2D eigenvalue weighted by Gasteiger charge is 2.22. The Morgan fingerprint density at radius 3 is 2.25 bits per heavy atom. The quantitative estimate of drug-likeness (QED) is 0.125. The number of aliphatic hydroxyl groups is 1. The molecule has 0 spiro atoms. The van der Waals surface area contributed by atoms with Crippen molar-refractivity contribution < 1.29 is 31.3 Å². The summed E-state index contributed by atoms with van der Waals surface area (Å²) in [6.45, 7) is 1.13. The van der Waals surface area contributed by atoms with Gasteiger partial charge in [0.05, 0.1) is 40.9 Å². The second kappa shape index (κ2) is 12.7. The summed E-state index contributed by atoms with van der Waals surface area (Å²) in [7, 11) is -8.30. The maximum Gasteiger partial charge on any atom is 0.296 e. The molecule has 0 aliphatic carbocycles. The van der Waals surface area contributed by atoms with Gasteiger partial charge in [-0.05, 0) is 42.8 Å². The minimum Gasteiger partial charge on any atom is -0.396 e. The number of aliphatic hydroxyl groups excluding tert-OH is 1. The molecule has 0 aliphatic rings. The summed E-state index contributed by atoms with van der Waals surface area (Å²) in [6, 6.07) is 13.8. The number of nitrogens with two attached hydrogens (primary N) is 2. The van der Waals surface area contributed by atoms with Gasteiger partial charge in [-0.25, -0.2) is 8.42 Å². The summed E-state index contributed by atoms with van der Waals surface area (Å²) in [5.41, 5.74) is 12.7. The van der Waals surface area contributed by atoms with Gasteiger partial charge in [0.2, 0.25) is 0 Å². The summed E-state index contributed by atoms with van der Waals surface area (Å²) in [6.07, 6.45) is 0. The van der Waals surface area contributed by atoms with Crippen molar-refractivity contribution in [1.82, 2.24) is 5.32 Å². The molecule has 0 heterocycles. The smallest absolute Gasteiger partial charge is 0.296 e. The number of hydrogen-bond donors (Lipinski definition) is 5. The molecule has 0 aromatic heterocycles. The van der Waals surface area contributed by atoms with Gasteiger partial charge in [0.1, 0.15) is 16.3 Å². The van der Waals surface area contributed by atoms with Gasteiger partial charge in [-0.2, -0.15) is 18.6 Å². The van der Waals surface area contributed by atoms with Gasteiger partial charge in [0.15, 0.2) is 9.84 Å². The first-order valence-electron chi connectivity index (χ1n) is 11.6. The lowest BCUT2D eigenvalue weighted by molar-refractivity contribution is 0.0956. The number of aryl methyl sites for hydroxylation is 1. The average molecular weight is 590 g/mol. The zero-order valence-electron chi connectivity index (χ0n) is 21.2.